The molecule has 0 aliphatic carbocycles. The lowest BCUT2D eigenvalue weighted by atomic mass is 9.89. The molecule has 662 valence electrons. The molecule has 11 aliphatic heterocycles. The molecule has 6 N–H and O–H groups in total. The van der Waals surface area contributed by atoms with E-state index < -0.39 is 128 Å². The number of rotatable bonds is 20. The fourth-order valence-electron chi connectivity index (χ4n) is 17.8. The number of cyclic esters (lactones) is 3. The zero-order chi connectivity index (χ0) is 87.5. The van der Waals surface area contributed by atoms with Crippen LogP contribution in [0.4, 0.5) is 0 Å². The number of ether oxygens (including phenoxy) is 27. The third-order valence-corrected chi connectivity index (χ3v) is 23.4. The molecule has 0 bridgehead atoms. The van der Waals surface area contributed by atoms with E-state index in [1.807, 2.05) is 50.2 Å². The summed E-state index contributed by atoms with van der Waals surface area (Å²) in [5.74, 6) is 3.34. The Kier molecular flexibility index (Phi) is 22.6. The predicted octanol–water partition coefficient (Wildman–Crippen LogP) is 8.21. The van der Waals surface area contributed by atoms with Crippen molar-refractivity contribution in [2.24, 2.45) is 0 Å². The van der Waals surface area contributed by atoms with Crippen molar-refractivity contribution in [1.82, 2.24) is 0 Å². The Hall–Kier alpha value is -11.4. The normalized spacial score (nSPS) is 26.3. The monoisotopic (exact) mass is 1730 g/mol. The molecule has 9 aromatic carbocycles. The van der Waals surface area contributed by atoms with Gasteiger partial charge in [-0.05, 0) is 133 Å². The minimum atomic E-state index is -1.67. The predicted molar refractivity (Wildman–Crippen MR) is 430 cm³/mol. The van der Waals surface area contributed by atoms with Crippen molar-refractivity contribution >= 4 is 50.2 Å². The molecule has 36 nitrogen and oxygen atoms in total. The smallest absolute Gasteiger partial charge is 0.339 e. The molecule has 36 heteroatoms. The summed E-state index contributed by atoms with van der Waals surface area (Å²) >= 11 is 0. The molecule has 11 heterocycles. The van der Waals surface area contributed by atoms with Gasteiger partial charge in [0.15, 0.2) is 80.6 Å². The first-order valence-corrected chi connectivity index (χ1v) is 39.9. The Morgan fingerprint density at radius 1 is 0.344 bits per heavy atom. The van der Waals surface area contributed by atoms with E-state index in [1.165, 1.54) is 28.4 Å². The molecule has 5 saturated heterocycles. The van der Waals surface area contributed by atoms with Crippen molar-refractivity contribution in [2.75, 3.05) is 97.1 Å². The van der Waals surface area contributed by atoms with Gasteiger partial charge >= 0.3 is 17.9 Å². The van der Waals surface area contributed by atoms with E-state index in [-0.39, 0.29) is 70.5 Å². The van der Waals surface area contributed by atoms with Gasteiger partial charge in [-0.2, -0.15) is 0 Å². The maximum absolute atomic E-state index is 13.4. The summed E-state index contributed by atoms with van der Waals surface area (Å²) in [6.07, 6.45) is -15.6. The van der Waals surface area contributed by atoms with Crippen LogP contribution in [0.3, 0.4) is 0 Å². The number of aliphatic hydroxyl groups is 6. The van der Waals surface area contributed by atoms with Gasteiger partial charge in [-0.25, -0.2) is 14.4 Å². The van der Waals surface area contributed by atoms with Gasteiger partial charge in [0.2, 0.25) is 39.2 Å². The average molecular weight is 1740 g/mol. The van der Waals surface area contributed by atoms with Crippen molar-refractivity contribution in [3.05, 3.63) is 124 Å². The Bertz CT molecular complexity index is 5750. The molecule has 0 amide bonds. The first-order chi connectivity index (χ1) is 60.3. The van der Waals surface area contributed by atoms with Gasteiger partial charge in [0.25, 0.3) is 0 Å². The van der Waals surface area contributed by atoms with E-state index in [0.717, 1.165) is 5.56 Å². The average Bonchev–Trinajstić information content (AvgIpc) is 1.66. The maximum Gasteiger partial charge on any atom is 0.339 e. The Labute approximate surface area is 712 Å². The molecular formula is C89H90O36. The van der Waals surface area contributed by atoms with Gasteiger partial charge in [0.1, 0.15) is 110 Å². The Balaban J connectivity index is 0.000000128. The summed E-state index contributed by atoms with van der Waals surface area (Å²) in [4.78, 5) is 39.9. The Morgan fingerprint density at radius 3 is 1.04 bits per heavy atom. The van der Waals surface area contributed by atoms with Crippen LogP contribution in [0.15, 0.2) is 91.0 Å². The second kappa shape index (κ2) is 33.5. The zero-order valence-corrected chi connectivity index (χ0v) is 69.6. The highest BCUT2D eigenvalue weighted by Gasteiger charge is 2.59. The lowest BCUT2D eigenvalue weighted by Gasteiger charge is -2.41. The highest BCUT2D eigenvalue weighted by atomic mass is 16.8. The number of carbonyl (C=O) groups is 3. The zero-order valence-electron chi connectivity index (χ0n) is 69.6. The topological polar surface area (TPSA) is 422 Å². The number of carbonyl (C=O) groups excluding carboxylic acids is 3. The van der Waals surface area contributed by atoms with E-state index in [9.17, 15) is 45.0 Å². The minimum Gasteiger partial charge on any atom is -0.493 e. The van der Waals surface area contributed by atoms with Crippen LogP contribution in [0.5, 0.6) is 86.2 Å². The van der Waals surface area contributed by atoms with Crippen LogP contribution >= 0.6 is 0 Å². The van der Waals surface area contributed by atoms with Crippen molar-refractivity contribution in [2.45, 2.75) is 151 Å². The highest BCUT2D eigenvalue weighted by Crippen LogP contribution is 2.56. The third-order valence-electron chi connectivity index (χ3n) is 23.4. The molecule has 20 rings (SSSR count). The third kappa shape index (κ3) is 14.7. The minimum absolute atomic E-state index is 0.00407. The molecule has 0 saturated carbocycles. The summed E-state index contributed by atoms with van der Waals surface area (Å²) in [5, 5.41) is 65.6. The van der Waals surface area contributed by atoms with Crippen LogP contribution in [0, 0.1) is 0 Å². The van der Waals surface area contributed by atoms with Crippen molar-refractivity contribution < 1.29 is 173 Å². The van der Waals surface area contributed by atoms with E-state index in [0.29, 0.717) is 163 Å². The van der Waals surface area contributed by atoms with Gasteiger partial charge < -0.3 is 159 Å². The lowest BCUT2D eigenvalue weighted by molar-refractivity contribution is -0.277. The van der Waals surface area contributed by atoms with Crippen LogP contribution in [0.1, 0.15) is 75.5 Å². The van der Waals surface area contributed by atoms with Gasteiger partial charge in [0, 0.05) is 63.8 Å². The maximum atomic E-state index is 13.4. The van der Waals surface area contributed by atoms with Crippen LogP contribution in [0.2, 0.25) is 0 Å². The fraction of sp³-hybridized carbons (Fsp3) is 0.427. The van der Waals surface area contributed by atoms with Gasteiger partial charge in [-0.3, -0.25) is 0 Å². The number of aliphatic hydroxyl groups excluding tert-OH is 6. The van der Waals surface area contributed by atoms with E-state index >= 15 is 0 Å². The molecule has 9 aromatic rings. The molecule has 15 atom stereocenters. The van der Waals surface area contributed by atoms with Crippen molar-refractivity contribution in [3.63, 3.8) is 0 Å². The molecule has 125 heavy (non-hydrogen) atoms. The molecule has 0 aromatic heterocycles. The van der Waals surface area contributed by atoms with Crippen LogP contribution in [0.25, 0.3) is 65.7 Å². The number of hydrogen-bond donors (Lipinski definition) is 6. The highest BCUT2D eigenvalue weighted by molar-refractivity contribution is 6.17. The SMILES string of the molecule is COCC1OC(Oc2c3c(c(-c4ccc5c(c4)OCO5)c4cc(OC)c(OC)cc24)C(=O)OC3)C(OC)C2OC(C)(C)OC12.COc1cc2c(OC3OC(CO)C(O)C(O)C3O)c3c(c(-c4ccc5c(c4)OCO5)c2cc1OC)C(=O)OC3.COc1cc2c(OC3OC(CO)C4OC(C)(C)OC4C3O)c3c(c(-c4ccc5c(c4)OCO5)c2cc1OC)C(=O)OC3. The quantitative estimate of drug-likeness (QED) is 0.0309. The van der Waals surface area contributed by atoms with Gasteiger partial charge in [-0.1, -0.05) is 18.2 Å². The molecule has 11 aliphatic rings. The number of esters is 3. The summed E-state index contributed by atoms with van der Waals surface area (Å²) < 4.78 is 157. The van der Waals surface area contributed by atoms with E-state index in [1.54, 1.807) is 96.9 Å². The summed E-state index contributed by atoms with van der Waals surface area (Å²) in [5.41, 5.74) is 6.14. The van der Waals surface area contributed by atoms with E-state index in [2.05, 4.69) is 0 Å². The fourth-order valence-corrected chi connectivity index (χ4v) is 17.8. The molecule has 0 spiro atoms. The molecule has 0 radical (unpaired) electrons. The largest absolute Gasteiger partial charge is 0.493 e. The van der Waals surface area contributed by atoms with Gasteiger partial charge in [-0.15, -0.1) is 0 Å². The Morgan fingerprint density at radius 2 is 0.672 bits per heavy atom. The van der Waals surface area contributed by atoms with Gasteiger partial charge in [0.05, 0.1) is 79.2 Å². The summed E-state index contributed by atoms with van der Waals surface area (Å²) in [6, 6.07) is 26.8. The second-order valence-electron chi connectivity index (χ2n) is 31.5. The number of hydrogen-bond acceptors (Lipinski definition) is 36. The second-order valence-corrected chi connectivity index (χ2v) is 31.5. The lowest BCUT2D eigenvalue weighted by Crippen LogP contribution is -2.60. The van der Waals surface area contributed by atoms with Crippen LogP contribution < -0.4 is 71.1 Å². The molecule has 5 fully saturated rings. The number of benzene rings is 9. The first-order valence-electron chi connectivity index (χ1n) is 39.9. The number of methoxy groups -OCH3 is 8. The first kappa shape index (κ1) is 84.4. The molecular weight excluding hydrogens is 1640 g/mol. The standard InChI is InChI=1S/C32H34O12.C30H30O12.C27H26O12/c1-32(2)43-27-23(13-34-3)41-31(29(37-6)28(27)44-32)42-26-17-11-21(36-5)20(35-4)10-16(17)24(25-18(26)12-38-30(25)33)15-7-8-19-22(9-15)40-14-39-19;1-30(2)41-26-21(10-31)39-29(24(32)27(26)42-30)40-25-15-9-19(35-4)18(34-3)8-14(15)22(23-16(25)11-36-28(23)33)13-5-6-17-20(7-13)38-12-37-17;1-33-16-6-12-13(7-17(16)34-2)25(39-27-24(31)23(30)22(29)19(8-28)38-27)14-9-35-26(32)21(14)20(12)11-3-4-15-18(5-11)37-10-36-15/h7-11,23,27-29,31H,12-14H2,1-6H3;5-9,21,24,26-27,29,31-32H,10-12H2,1-4H3;3-7,19,22-24,27-31H,8-10H2,1-2H3. The van der Waals surface area contributed by atoms with Crippen molar-refractivity contribution in [1.29, 1.82) is 0 Å². The molecule has 15 unspecified atom stereocenters. The van der Waals surface area contributed by atoms with E-state index in [4.69, 9.17) is 128 Å². The van der Waals surface area contributed by atoms with Crippen LogP contribution in [-0.2, 0) is 76.7 Å². The van der Waals surface area contributed by atoms with Crippen molar-refractivity contribution in [3.8, 4) is 120 Å². The summed E-state index contributed by atoms with van der Waals surface area (Å²) in [7, 11) is 12.3. The summed E-state index contributed by atoms with van der Waals surface area (Å²) in [6.45, 7) is 6.45. The van der Waals surface area contributed by atoms with Crippen LogP contribution in [-0.4, -0.2) is 249 Å². The number of fused-ring (bicyclic) bond motifs is 11.